The van der Waals surface area contributed by atoms with Crippen molar-refractivity contribution in [3.63, 3.8) is 0 Å². The van der Waals surface area contributed by atoms with Crippen molar-refractivity contribution >= 4 is 11.7 Å². The Bertz CT molecular complexity index is 215. The number of ketones is 1. The second-order valence-corrected chi connectivity index (χ2v) is 3.14. The van der Waals surface area contributed by atoms with Crippen molar-refractivity contribution in [3.8, 4) is 0 Å². The normalized spacial score (nSPS) is 22.9. The van der Waals surface area contributed by atoms with E-state index in [1.165, 1.54) is 6.92 Å². The third-order valence-electron chi connectivity index (χ3n) is 2.22. The van der Waals surface area contributed by atoms with Gasteiger partial charge in [0, 0.05) is 19.9 Å². The Labute approximate surface area is 77.8 Å². The zero-order valence-electron chi connectivity index (χ0n) is 8.08. The largest absolute Gasteiger partial charge is 0.367 e. The lowest BCUT2D eigenvalue weighted by atomic mass is 10.1. The summed E-state index contributed by atoms with van der Waals surface area (Å²) in [5, 5.41) is 0. The number of amides is 1. The quantitative estimate of drug-likeness (QED) is 0.618. The fourth-order valence-corrected chi connectivity index (χ4v) is 1.36. The number of carbonyl (C=O) groups is 2. The lowest BCUT2D eigenvalue weighted by Crippen LogP contribution is -2.47. The predicted octanol–water partition coefficient (Wildman–Crippen LogP) is 0.213. The van der Waals surface area contributed by atoms with Crippen molar-refractivity contribution in [3.05, 3.63) is 0 Å². The highest BCUT2D eigenvalue weighted by Gasteiger charge is 2.26. The van der Waals surface area contributed by atoms with Crippen molar-refractivity contribution in [1.82, 2.24) is 4.90 Å². The molecule has 1 saturated heterocycles. The number of Topliss-reactive ketones (excluding diaryl/α,β-unsaturated/α-hetero) is 1. The van der Waals surface area contributed by atoms with Crippen LogP contribution in [0.5, 0.6) is 0 Å². The smallest absolute Gasteiger partial charge is 0.219 e. The van der Waals surface area contributed by atoms with Crippen LogP contribution in [0.1, 0.15) is 20.3 Å². The molecule has 74 valence electrons. The summed E-state index contributed by atoms with van der Waals surface area (Å²) >= 11 is 0. The van der Waals surface area contributed by atoms with Crippen LogP contribution in [0.4, 0.5) is 0 Å². The fraction of sp³-hybridized carbons (Fsp3) is 0.778. The van der Waals surface area contributed by atoms with Gasteiger partial charge < -0.3 is 9.64 Å². The van der Waals surface area contributed by atoms with Gasteiger partial charge in [0.15, 0.2) is 5.78 Å². The van der Waals surface area contributed by atoms with E-state index in [9.17, 15) is 9.59 Å². The van der Waals surface area contributed by atoms with Crippen molar-refractivity contribution in [2.45, 2.75) is 26.4 Å². The number of morpholine rings is 1. The molecule has 1 unspecified atom stereocenters. The highest BCUT2D eigenvalue weighted by atomic mass is 16.5. The minimum absolute atomic E-state index is 0.0113. The molecule has 0 bridgehead atoms. The van der Waals surface area contributed by atoms with Crippen LogP contribution in [0.3, 0.4) is 0 Å². The molecule has 1 amide bonds. The standard InChI is InChI=1S/C9H15NO3/c1-3-8(12)9-6-10(7(2)11)4-5-13-9/h9H,3-6H2,1-2H3. The predicted molar refractivity (Wildman–Crippen MR) is 47.3 cm³/mol. The molecule has 1 atom stereocenters. The highest BCUT2D eigenvalue weighted by Crippen LogP contribution is 2.07. The summed E-state index contributed by atoms with van der Waals surface area (Å²) in [5.74, 6) is 0.0863. The Morgan fingerprint density at radius 3 is 2.77 bits per heavy atom. The molecule has 0 spiro atoms. The Hall–Kier alpha value is -0.900. The number of ether oxygens (including phenoxy) is 1. The van der Waals surface area contributed by atoms with Crippen LogP contribution < -0.4 is 0 Å². The van der Waals surface area contributed by atoms with E-state index in [-0.39, 0.29) is 11.7 Å². The van der Waals surface area contributed by atoms with Gasteiger partial charge in [-0.2, -0.15) is 0 Å². The maximum absolute atomic E-state index is 11.3. The van der Waals surface area contributed by atoms with Gasteiger partial charge in [0.25, 0.3) is 0 Å². The molecular formula is C9H15NO3. The van der Waals surface area contributed by atoms with Gasteiger partial charge in [-0.25, -0.2) is 0 Å². The Morgan fingerprint density at radius 1 is 1.54 bits per heavy atom. The van der Waals surface area contributed by atoms with Crippen LogP contribution in [0.15, 0.2) is 0 Å². The van der Waals surface area contributed by atoms with E-state index < -0.39 is 6.10 Å². The van der Waals surface area contributed by atoms with Crippen LogP contribution in [0.2, 0.25) is 0 Å². The number of nitrogens with zero attached hydrogens (tertiary/aromatic N) is 1. The Morgan fingerprint density at radius 2 is 2.23 bits per heavy atom. The molecule has 1 fully saturated rings. The van der Waals surface area contributed by atoms with Crippen LogP contribution >= 0.6 is 0 Å². The third-order valence-corrected chi connectivity index (χ3v) is 2.22. The van der Waals surface area contributed by atoms with Gasteiger partial charge >= 0.3 is 0 Å². The molecule has 13 heavy (non-hydrogen) atoms. The molecule has 0 aliphatic carbocycles. The van der Waals surface area contributed by atoms with E-state index in [0.29, 0.717) is 26.1 Å². The first-order valence-corrected chi connectivity index (χ1v) is 4.55. The molecule has 4 nitrogen and oxygen atoms in total. The van der Waals surface area contributed by atoms with E-state index in [4.69, 9.17) is 4.74 Å². The van der Waals surface area contributed by atoms with Gasteiger partial charge in [-0.05, 0) is 0 Å². The fourth-order valence-electron chi connectivity index (χ4n) is 1.36. The maximum Gasteiger partial charge on any atom is 0.219 e. The molecular weight excluding hydrogens is 170 g/mol. The summed E-state index contributed by atoms with van der Waals surface area (Å²) in [6, 6.07) is 0. The summed E-state index contributed by atoms with van der Waals surface area (Å²) in [6.45, 7) is 4.80. The van der Waals surface area contributed by atoms with E-state index >= 15 is 0 Å². The SMILES string of the molecule is CCC(=O)C1CN(C(C)=O)CCO1. The average Bonchev–Trinajstić information content (AvgIpc) is 2.17. The van der Waals surface area contributed by atoms with Gasteiger partial charge in [-0.3, -0.25) is 9.59 Å². The molecule has 1 rings (SSSR count). The molecule has 1 heterocycles. The van der Waals surface area contributed by atoms with Gasteiger partial charge in [0.05, 0.1) is 13.2 Å². The minimum atomic E-state index is -0.400. The van der Waals surface area contributed by atoms with E-state index in [2.05, 4.69) is 0 Å². The zero-order chi connectivity index (χ0) is 9.84. The minimum Gasteiger partial charge on any atom is -0.367 e. The number of hydrogen-bond acceptors (Lipinski definition) is 3. The molecule has 1 aliphatic rings. The van der Waals surface area contributed by atoms with Gasteiger partial charge in [0.2, 0.25) is 5.91 Å². The summed E-state index contributed by atoms with van der Waals surface area (Å²) in [5.41, 5.74) is 0. The summed E-state index contributed by atoms with van der Waals surface area (Å²) in [7, 11) is 0. The first kappa shape index (κ1) is 10.2. The maximum atomic E-state index is 11.3. The van der Waals surface area contributed by atoms with Crippen LogP contribution in [-0.4, -0.2) is 42.4 Å². The highest BCUT2D eigenvalue weighted by molar-refractivity contribution is 5.84. The molecule has 0 N–H and O–H groups in total. The molecule has 0 saturated carbocycles. The monoisotopic (exact) mass is 185 g/mol. The molecule has 0 aromatic heterocycles. The van der Waals surface area contributed by atoms with Crippen molar-refractivity contribution < 1.29 is 14.3 Å². The first-order chi connectivity index (χ1) is 6.15. The first-order valence-electron chi connectivity index (χ1n) is 4.55. The average molecular weight is 185 g/mol. The molecule has 4 heteroatoms. The van der Waals surface area contributed by atoms with Gasteiger partial charge in [-0.15, -0.1) is 0 Å². The third kappa shape index (κ3) is 2.52. The summed E-state index contributed by atoms with van der Waals surface area (Å²) in [6.07, 6.45) is 0.0683. The van der Waals surface area contributed by atoms with Crippen LogP contribution in [0.25, 0.3) is 0 Å². The zero-order valence-corrected chi connectivity index (χ0v) is 8.08. The summed E-state index contributed by atoms with van der Waals surface area (Å²) < 4.78 is 5.27. The molecule has 1 aliphatic heterocycles. The molecule has 0 radical (unpaired) electrons. The number of carbonyl (C=O) groups excluding carboxylic acids is 2. The topological polar surface area (TPSA) is 46.6 Å². The van der Waals surface area contributed by atoms with E-state index in [1.54, 1.807) is 11.8 Å². The lowest BCUT2D eigenvalue weighted by molar-refractivity contribution is -0.144. The second kappa shape index (κ2) is 4.37. The molecule has 0 aromatic carbocycles. The van der Waals surface area contributed by atoms with Crippen LogP contribution in [-0.2, 0) is 14.3 Å². The Balaban J connectivity index is 2.51. The van der Waals surface area contributed by atoms with Crippen molar-refractivity contribution in [1.29, 1.82) is 0 Å². The van der Waals surface area contributed by atoms with E-state index in [0.717, 1.165) is 0 Å². The number of hydrogen-bond donors (Lipinski definition) is 0. The van der Waals surface area contributed by atoms with Gasteiger partial charge in [0.1, 0.15) is 6.10 Å². The number of rotatable bonds is 2. The van der Waals surface area contributed by atoms with E-state index in [1.807, 2.05) is 0 Å². The second-order valence-electron chi connectivity index (χ2n) is 3.14. The van der Waals surface area contributed by atoms with Crippen LogP contribution in [0, 0.1) is 0 Å². The Kier molecular flexibility index (Phi) is 3.42. The molecule has 0 aromatic rings. The summed E-state index contributed by atoms with van der Waals surface area (Å²) in [4.78, 5) is 23.9. The van der Waals surface area contributed by atoms with Crippen molar-refractivity contribution in [2.24, 2.45) is 0 Å². The lowest BCUT2D eigenvalue weighted by Gasteiger charge is -2.31. The van der Waals surface area contributed by atoms with Gasteiger partial charge in [-0.1, -0.05) is 6.92 Å². The van der Waals surface area contributed by atoms with Crippen molar-refractivity contribution in [2.75, 3.05) is 19.7 Å².